The van der Waals surface area contributed by atoms with E-state index in [1.807, 2.05) is 49.4 Å². The lowest BCUT2D eigenvalue weighted by molar-refractivity contribution is -0.118. The minimum atomic E-state index is -0.280. The van der Waals surface area contributed by atoms with Gasteiger partial charge in [-0.05, 0) is 60.2 Å². The molecule has 0 saturated heterocycles. The third-order valence-electron chi connectivity index (χ3n) is 4.86. The fourth-order valence-electron chi connectivity index (χ4n) is 3.33. The van der Waals surface area contributed by atoms with Crippen LogP contribution < -0.4 is 15.5 Å². The van der Waals surface area contributed by atoms with Gasteiger partial charge in [0, 0.05) is 30.0 Å². The molecule has 1 aliphatic rings. The van der Waals surface area contributed by atoms with E-state index in [-0.39, 0.29) is 17.4 Å². The zero-order valence-corrected chi connectivity index (χ0v) is 16.4. The fourth-order valence-corrected chi connectivity index (χ4v) is 3.33. The van der Waals surface area contributed by atoms with Gasteiger partial charge in [0.25, 0.3) is 0 Å². The number of anilines is 3. The highest BCUT2D eigenvalue weighted by Crippen LogP contribution is 2.30. The normalized spacial score (nSPS) is 13.9. The lowest BCUT2D eigenvalue weighted by Crippen LogP contribution is -2.34. The Morgan fingerprint density at radius 1 is 1.00 bits per heavy atom. The monoisotopic (exact) mass is 365 g/mol. The number of urea groups is 1. The highest BCUT2D eigenvalue weighted by atomic mass is 16.2. The maximum Gasteiger partial charge on any atom is 0.323 e. The van der Waals surface area contributed by atoms with Crippen molar-refractivity contribution in [2.45, 2.75) is 46.0 Å². The van der Waals surface area contributed by atoms with Crippen molar-refractivity contribution < 1.29 is 9.59 Å². The fraction of sp³-hybridized carbons (Fsp3) is 0.364. The van der Waals surface area contributed by atoms with Gasteiger partial charge in [0.1, 0.15) is 0 Å². The Balaban J connectivity index is 1.67. The molecule has 5 nitrogen and oxygen atoms in total. The van der Waals surface area contributed by atoms with Gasteiger partial charge in [-0.25, -0.2) is 4.79 Å². The number of aryl methyl sites for hydroxylation is 1. The molecule has 2 aromatic rings. The smallest absolute Gasteiger partial charge is 0.312 e. The molecule has 0 bridgehead atoms. The number of rotatable bonds is 3. The number of hydrogen-bond acceptors (Lipinski definition) is 2. The summed E-state index contributed by atoms with van der Waals surface area (Å²) >= 11 is 0. The highest BCUT2D eigenvalue weighted by Gasteiger charge is 2.23. The Morgan fingerprint density at radius 2 is 1.63 bits per heavy atom. The van der Waals surface area contributed by atoms with Gasteiger partial charge < -0.3 is 15.5 Å². The molecule has 0 unspecified atom stereocenters. The van der Waals surface area contributed by atoms with E-state index in [1.165, 1.54) is 5.56 Å². The van der Waals surface area contributed by atoms with Crippen molar-refractivity contribution in [3.05, 3.63) is 53.6 Å². The van der Waals surface area contributed by atoms with Crippen molar-refractivity contribution in [1.82, 2.24) is 0 Å². The minimum absolute atomic E-state index is 0.0810. The number of carbonyl (C=O) groups is 2. The third-order valence-corrected chi connectivity index (χ3v) is 4.86. The van der Waals surface area contributed by atoms with Crippen LogP contribution in [-0.2, 0) is 16.6 Å². The van der Waals surface area contributed by atoms with Crippen LogP contribution in [0.1, 0.15) is 45.2 Å². The van der Waals surface area contributed by atoms with Gasteiger partial charge in [0.2, 0.25) is 5.91 Å². The van der Waals surface area contributed by atoms with Crippen LogP contribution >= 0.6 is 0 Å². The molecule has 2 N–H and O–H groups in total. The van der Waals surface area contributed by atoms with E-state index in [4.69, 9.17) is 0 Å². The number of fused-ring (bicyclic) bond motifs is 1. The van der Waals surface area contributed by atoms with Gasteiger partial charge in [0.05, 0.1) is 0 Å². The minimum Gasteiger partial charge on any atom is -0.312 e. The maximum absolute atomic E-state index is 12.3. The van der Waals surface area contributed by atoms with Crippen molar-refractivity contribution in [3.63, 3.8) is 0 Å². The van der Waals surface area contributed by atoms with Gasteiger partial charge in [0.15, 0.2) is 0 Å². The number of amides is 3. The molecule has 0 aromatic heterocycles. The number of nitrogens with one attached hydrogen (secondary N) is 2. The predicted octanol–water partition coefficient (Wildman–Crippen LogP) is 4.93. The summed E-state index contributed by atoms with van der Waals surface area (Å²) in [5.41, 5.74) is 4.81. The standard InChI is InChI=1S/C22H27N3O2/c1-5-25-19-12-11-18(14-15(19)6-13-20(25)26)24-21(27)23-17-9-7-16(8-10-17)22(2,3)4/h7-12,14H,5-6,13H2,1-4H3,(H2,23,24,27). The number of hydrogen-bond donors (Lipinski definition) is 2. The molecule has 3 rings (SSSR count). The molecule has 3 amide bonds. The van der Waals surface area contributed by atoms with Crippen LogP contribution in [0.4, 0.5) is 21.9 Å². The third kappa shape index (κ3) is 4.30. The Hall–Kier alpha value is -2.82. The van der Waals surface area contributed by atoms with Crippen LogP contribution in [0.3, 0.4) is 0 Å². The average molecular weight is 365 g/mol. The zero-order chi connectivity index (χ0) is 19.6. The van der Waals surface area contributed by atoms with E-state index in [0.717, 1.165) is 22.6 Å². The van der Waals surface area contributed by atoms with Gasteiger partial charge >= 0.3 is 6.03 Å². The van der Waals surface area contributed by atoms with Crippen LogP contribution in [0.5, 0.6) is 0 Å². The molecule has 2 aromatic carbocycles. The molecular weight excluding hydrogens is 338 g/mol. The van der Waals surface area contributed by atoms with Gasteiger partial charge in [-0.2, -0.15) is 0 Å². The van der Waals surface area contributed by atoms with E-state index in [2.05, 4.69) is 31.4 Å². The van der Waals surface area contributed by atoms with Crippen LogP contribution in [-0.4, -0.2) is 18.5 Å². The summed E-state index contributed by atoms with van der Waals surface area (Å²) in [6.45, 7) is 9.10. The second-order valence-corrected chi connectivity index (χ2v) is 7.89. The SMILES string of the molecule is CCN1C(=O)CCc2cc(NC(=O)Nc3ccc(C(C)(C)C)cc3)ccc21. The summed E-state index contributed by atoms with van der Waals surface area (Å²) in [7, 11) is 0. The zero-order valence-electron chi connectivity index (χ0n) is 16.4. The lowest BCUT2D eigenvalue weighted by Gasteiger charge is -2.28. The second-order valence-electron chi connectivity index (χ2n) is 7.89. The van der Waals surface area contributed by atoms with E-state index >= 15 is 0 Å². The molecule has 5 heteroatoms. The second kappa shape index (κ2) is 7.43. The largest absolute Gasteiger partial charge is 0.323 e. The van der Waals surface area contributed by atoms with E-state index in [1.54, 1.807) is 4.90 Å². The molecule has 1 heterocycles. The summed E-state index contributed by atoms with van der Waals surface area (Å²) in [4.78, 5) is 26.1. The first-order chi connectivity index (χ1) is 12.8. The van der Waals surface area contributed by atoms with Crippen molar-refractivity contribution in [3.8, 4) is 0 Å². The van der Waals surface area contributed by atoms with Gasteiger partial charge in [-0.15, -0.1) is 0 Å². The molecule has 0 atom stereocenters. The first-order valence-corrected chi connectivity index (χ1v) is 9.40. The van der Waals surface area contributed by atoms with Crippen molar-refractivity contribution in [2.75, 3.05) is 22.1 Å². The number of nitrogens with zero attached hydrogens (tertiary/aromatic N) is 1. The summed E-state index contributed by atoms with van der Waals surface area (Å²) in [5.74, 6) is 0.155. The first kappa shape index (κ1) is 19.0. The van der Waals surface area contributed by atoms with E-state index < -0.39 is 0 Å². The molecule has 1 aliphatic heterocycles. The van der Waals surface area contributed by atoms with Crippen LogP contribution in [0.25, 0.3) is 0 Å². The topological polar surface area (TPSA) is 61.4 Å². The molecule has 27 heavy (non-hydrogen) atoms. The van der Waals surface area contributed by atoms with Crippen LogP contribution in [0, 0.1) is 0 Å². The molecule has 0 saturated carbocycles. The average Bonchev–Trinajstić information content (AvgIpc) is 2.61. The van der Waals surface area contributed by atoms with Crippen molar-refractivity contribution in [1.29, 1.82) is 0 Å². The first-order valence-electron chi connectivity index (χ1n) is 9.40. The van der Waals surface area contributed by atoms with E-state index in [0.29, 0.717) is 19.4 Å². The van der Waals surface area contributed by atoms with Gasteiger partial charge in [-0.3, -0.25) is 4.79 Å². The Morgan fingerprint density at radius 3 is 2.26 bits per heavy atom. The van der Waals surface area contributed by atoms with Gasteiger partial charge in [-0.1, -0.05) is 32.9 Å². The van der Waals surface area contributed by atoms with Crippen LogP contribution in [0.15, 0.2) is 42.5 Å². The molecule has 142 valence electrons. The molecule has 0 radical (unpaired) electrons. The molecule has 0 spiro atoms. The Bertz CT molecular complexity index is 851. The Labute approximate surface area is 160 Å². The van der Waals surface area contributed by atoms with Crippen molar-refractivity contribution in [2.24, 2.45) is 0 Å². The molecule has 0 aliphatic carbocycles. The highest BCUT2D eigenvalue weighted by molar-refractivity contribution is 6.01. The number of carbonyl (C=O) groups excluding carboxylic acids is 2. The number of benzene rings is 2. The molecular formula is C22H27N3O2. The predicted molar refractivity (Wildman–Crippen MR) is 111 cm³/mol. The summed E-state index contributed by atoms with van der Waals surface area (Å²) < 4.78 is 0. The van der Waals surface area contributed by atoms with E-state index in [9.17, 15) is 9.59 Å². The van der Waals surface area contributed by atoms with Crippen LogP contribution in [0.2, 0.25) is 0 Å². The summed E-state index contributed by atoms with van der Waals surface area (Å²) in [6, 6.07) is 13.3. The summed E-state index contributed by atoms with van der Waals surface area (Å²) in [6.07, 6.45) is 1.21. The Kier molecular flexibility index (Phi) is 5.22. The maximum atomic E-state index is 12.3. The van der Waals surface area contributed by atoms with Crippen molar-refractivity contribution >= 4 is 29.0 Å². The lowest BCUT2D eigenvalue weighted by atomic mass is 9.87. The summed E-state index contributed by atoms with van der Waals surface area (Å²) in [5, 5.41) is 5.74. The molecule has 0 fully saturated rings. The quantitative estimate of drug-likeness (QED) is 0.810.